The third kappa shape index (κ3) is 3.26. The van der Waals surface area contributed by atoms with Gasteiger partial charge in [0.2, 0.25) is 10.0 Å². The third-order valence-corrected chi connectivity index (χ3v) is 6.89. The molecule has 4 nitrogen and oxygen atoms in total. The number of benzene rings is 1. The lowest BCUT2D eigenvalue weighted by Gasteiger charge is -2.33. The first-order valence-electron chi connectivity index (χ1n) is 8.03. The Bertz CT molecular complexity index is 705. The second kappa shape index (κ2) is 6.22. The van der Waals surface area contributed by atoms with Crippen LogP contribution in [0.3, 0.4) is 0 Å². The molecule has 2 fully saturated rings. The van der Waals surface area contributed by atoms with E-state index in [4.69, 9.17) is 4.74 Å². The second-order valence-electron chi connectivity index (χ2n) is 6.36. The summed E-state index contributed by atoms with van der Waals surface area (Å²) in [6.45, 7) is 1.69. The van der Waals surface area contributed by atoms with Crippen LogP contribution in [-0.4, -0.2) is 37.2 Å². The highest BCUT2D eigenvalue weighted by Gasteiger charge is 2.50. The number of sulfonamides is 1. The molecule has 1 saturated heterocycles. The van der Waals surface area contributed by atoms with Crippen molar-refractivity contribution in [1.82, 2.24) is 4.31 Å². The Balaban J connectivity index is 1.74. The first-order valence-corrected chi connectivity index (χ1v) is 9.64. The number of hydrogen-bond acceptors (Lipinski definition) is 3. The number of hydrogen-bond donors (Lipinski definition) is 0. The van der Waals surface area contributed by atoms with Gasteiger partial charge >= 0.3 is 6.18 Å². The Morgan fingerprint density at radius 3 is 2.71 bits per heavy atom. The van der Waals surface area contributed by atoms with E-state index in [2.05, 4.69) is 0 Å². The smallest absolute Gasteiger partial charge is 0.416 e. The van der Waals surface area contributed by atoms with Crippen LogP contribution in [0.5, 0.6) is 5.75 Å². The van der Waals surface area contributed by atoms with E-state index < -0.39 is 21.8 Å². The Morgan fingerprint density at radius 2 is 2.04 bits per heavy atom. The van der Waals surface area contributed by atoms with Crippen LogP contribution in [-0.2, 0) is 16.2 Å². The van der Waals surface area contributed by atoms with Gasteiger partial charge < -0.3 is 4.74 Å². The van der Waals surface area contributed by atoms with E-state index in [1.807, 2.05) is 0 Å². The van der Waals surface area contributed by atoms with E-state index in [0.29, 0.717) is 0 Å². The maximum Gasteiger partial charge on any atom is 0.416 e. The average molecular weight is 363 g/mol. The van der Waals surface area contributed by atoms with E-state index in [9.17, 15) is 21.6 Å². The molecule has 0 amide bonds. The molecule has 0 unspecified atom stereocenters. The maximum absolute atomic E-state index is 12.8. The van der Waals surface area contributed by atoms with E-state index >= 15 is 0 Å². The minimum Gasteiger partial charge on any atom is -0.492 e. The van der Waals surface area contributed by atoms with E-state index in [1.165, 1.54) is 16.4 Å². The summed E-state index contributed by atoms with van der Waals surface area (Å²) in [6, 6.07) is 4.41. The predicted octanol–water partition coefficient (Wildman–Crippen LogP) is 3.29. The summed E-state index contributed by atoms with van der Waals surface area (Å²) in [5.74, 6) is 0.361. The molecule has 134 valence electrons. The molecule has 0 radical (unpaired) electrons. The van der Waals surface area contributed by atoms with Gasteiger partial charge in [0.05, 0.1) is 17.4 Å². The van der Waals surface area contributed by atoms with Gasteiger partial charge in [0.25, 0.3) is 0 Å². The van der Waals surface area contributed by atoms with Gasteiger partial charge in [0.1, 0.15) is 12.4 Å². The molecule has 1 aliphatic heterocycles. The molecule has 0 N–H and O–H groups in total. The molecule has 3 atom stereocenters. The lowest BCUT2D eigenvalue weighted by molar-refractivity contribution is -0.137. The van der Waals surface area contributed by atoms with Crippen LogP contribution in [0.2, 0.25) is 0 Å². The van der Waals surface area contributed by atoms with Crippen molar-refractivity contribution in [3.05, 3.63) is 29.8 Å². The van der Waals surface area contributed by atoms with Gasteiger partial charge in [-0.25, -0.2) is 8.42 Å². The molecule has 2 bridgehead atoms. The van der Waals surface area contributed by atoms with Crippen LogP contribution in [0.25, 0.3) is 0 Å². The summed E-state index contributed by atoms with van der Waals surface area (Å²) in [6.07, 6.45) is -1.82. The van der Waals surface area contributed by atoms with Gasteiger partial charge in [-0.05, 0) is 50.3 Å². The first-order chi connectivity index (χ1) is 11.2. The third-order valence-electron chi connectivity index (χ3n) is 4.94. The zero-order chi connectivity index (χ0) is 17.5. The SMILES string of the molecule is CCS(=O)(=O)N1[C@@H]2CC[C@@H](C2)[C@@H]1COc1cccc(C(F)(F)F)c1. The van der Waals surface area contributed by atoms with Crippen LogP contribution < -0.4 is 4.74 Å². The number of fused-ring (bicyclic) bond motifs is 2. The number of halogens is 3. The molecule has 1 heterocycles. The van der Waals surface area contributed by atoms with Crippen molar-refractivity contribution in [2.45, 2.75) is 44.4 Å². The Kier molecular flexibility index (Phi) is 4.55. The van der Waals surface area contributed by atoms with Crippen LogP contribution in [0.4, 0.5) is 13.2 Å². The average Bonchev–Trinajstić information content (AvgIpc) is 3.13. The van der Waals surface area contributed by atoms with Crippen molar-refractivity contribution in [3.8, 4) is 5.75 Å². The summed E-state index contributed by atoms with van der Waals surface area (Å²) in [5.41, 5.74) is -0.772. The highest BCUT2D eigenvalue weighted by Crippen LogP contribution is 2.44. The molecule has 2 aliphatic rings. The first kappa shape index (κ1) is 17.5. The molecule has 8 heteroatoms. The summed E-state index contributed by atoms with van der Waals surface area (Å²) >= 11 is 0. The van der Waals surface area contributed by atoms with Crippen molar-refractivity contribution in [2.75, 3.05) is 12.4 Å². The standard InChI is InChI=1S/C16H20F3NO3S/c1-2-24(21,22)20-13-7-6-11(8-13)15(20)10-23-14-5-3-4-12(9-14)16(17,18)19/h3-5,9,11,13,15H,2,6-8,10H2,1H3/t11-,13+,15-/m0/s1. The minimum atomic E-state index is -4.43. The quantitative estimate of drug-likeness (QED) is 0.807. The number of nitrogens with zero attached hydrogens (tertiary/aromatic N) is 1. The molecule has 1 aliphatic carbocycles. The number of piperidine rings is 1. The number of ether oxygens (including phenoxy) is 1. The normalized spacial score (nSPS) is 27.6. The van der Waals surface area contributed by atoms with Gasteiger partial charge in [-0.3, -0.25) is 0 Å². The van der Waals surface area contributed by atoms with Crippen molar-refractivity contribution in [1.29, 1.82) is 0 Å². The molecule has 0 spiro atoms. The lowest BCUT2D eigenvalue weighted by Crippen LogP contribution is -2.48. The summed E-state index contributed by atoms with van der Waals surface area (Å²) < 4.78 is 70.0. The molecule has 24 heavy (non-hydrogen) atoms. The largest absolute Gasteiger partial charge is 0.492 e. The highest BCUT2D eigenvalue weighted by molar-refractivity contribution is 7.89. The van der Waals surface area contributed by atoms with E-state index in [0.717, 1.165) is 31.4 Å². The van der Waals surface area contributed by atoms with E-state index in [1.54, 1.807) is 6.92 Å². The van der Waals surface area contributed by atoms with Gasteiger partial charge in [0, 0.05) is 6.04 Å². The fraction of sp³-hybridized carbons (Fsp3) is 0.625. The monoisotopic (exact) mass is 363 g/mol. The Morgan fingerprint density at radius 1 is 1.29 bits per heavy atom. The zero-order valence-corrected chi connectivity index (χ0v) is 14.1. The summed E-state index contributed by atoms with van der Waals surface area (Å²) in [5, 5.41) is 0. The Labute approximate surface area is 139 Å². The van der Waals surface area contributed by atoms with Gasteiger partial charge in [-0.1, -0.05) is 6.07 Å². The molecule has 1 aromatic rings. The Hall–Kier alpha value is -1.28. The molecule has 0 aromatic heterocycles. The van der Waals surface area contributed by atoms with Crippen molar-refractivity contribution in [2.24, 2.45) is 5.92 Å². The second-order valence-corrected chi connectivity index (χ2v) is 8.52. The van der Waals surface area contributed by atoms with Gasteiger partial charge in [-0.2, -0.15) is 17.5 Å². The topological polar surface area (TPSA) is 46.6 Å². The fourth-order valence-corrected chi connectivity index (χ4v) is 5.38. The zero-order valence-electron chi connectivity index (χ0n) is 13.3. The molecule has 3 rings (SSSR count). The molecule has 1 aromatic carbocycles. The summed E-state index contributed by atoms with van der Waals surface area (Å²) in [7, 11) is -3.34. The van der Waals surface area contributed by atoms with E-state index in [-0.39, 0.29) is 36.1 Å². The summed E-state index contributed by atoms with van der Waals surface area (Å²) in [4.78, 5) is 0. The van der Waals surface area contributed by atoms with Crippen LogP contribution >= 0.6 is 0 Å². The number of alkyl halides is 3. The maximum atomic E-state index is 12.8. The van der Waals surface area contributed by atoms with Crippen LogP contribution in [0, 0.1) is 5.92 Å². The lowest BCUT2D eigenvalue weighted by atomic mass is 10.0. The number of rotatable bonds is 5. The fourth-order valence-electron chi connectivity index (χ4n) is 3.79. The minimum absolute atomic E-state index is 0.00931. The highest BCUT2D eigenvalue weighted by atomic mass is 32.2. The van der Waals surface area contributed by atoms with Crippen LogP contribution in [0.1, 0.15) is 31.7 Å². The van der Waals surface area contributed by atoms with Crippen molar-refractivity contribution >= 4 is 10.0 Å². The molecular weight excluding hydrogens is 343 g/mol. The predicted molar refractivity (Wildman–Crippen MR) is 83.2 cm³/mol. The molecular formula is C16H20F3NO3S. The van der Waals surface area contributed by atoms with Crippen molar-refractivity contribution in [3.63, 3.8) is 0 Å². The van der Waals surface area contributed by atoms with Crippen LogP contribution in [0.15, 0.2) is 24.3 Å². The van der Waals surface area contributed by atoms with Gasteiger partial charge in [0.15, 0.2) is 0 Å². The van der Waals surface area contributed by atoms with Crippen molar-refractivity contribution < 1.29 is 26.3 Å². The molecule has 1 saturated carbocycles. The van der Waals surface area contributed by atoms with Gasteiger partial charge in [-0.15, -0.1) is 0 Å².